The molecule has 1 aromatic rings. The number of amides is 1. The number of cyclic esters (lactones) is 1. The van der Waals surface area contributed by atoms with Gasteiger partial charge in [-0.05, 0) is 31.2 Å². The summed E-state index contributed by atoms with van der Waals surface area (Å²) < 4.78 is 20.1. The summed E-state index contributed by atoms with van der Waals surface area (Å²) in [5, 5.41) is 13.3. The van der Waals surface area contributed by atoms with E-state index in [1.54, 1.807) is 18.1 Å². The predicted octanol–water partition coefficient (Wildman–Crippen LogP) is 2.30. The first-order valence-electron chi connectivity index (χ1n) is 9.62. The second-order valence-electron chi connectivity index (χ2n) is 7.13. The number of halogens is 1. The minimum absolute atomic E-state index is 0.231. The van der Waals surface area contributed by atoms with E-state index in [9.17, 15) is 9.18 Å². The molecule has 2 heterocycles. The molecule has 29 heavy (non-hydrogen) atoms. The first kappa shape index (κ1) is 20.8. The molecule has 0 spiro atoms. The summed E-state index contributed by atoms with van der Waals surface area (Å²) in [6.45, 7) is 2.32. The second kappa shape index (κ2) is 9.51. The molecule has 3 N–H and O–H groups in total. The van der Waals surface area contributed by atoms with Gasteiger partial charge in [0.2, 0.25) is 0 Å². The summed E-state index contributed by atoms with van der Waals surface area (Å²) in [7, 11) is 3.62. The molecule has 1 aliphatic heterocycles. The van der Waals surface area contributed by atoms with Crippen LogP contribution in [0.4, 0.5) is 15.0 Å². The molecule has 156 valence electrons. The van der Waals surface area contributed by atoms with Crippen LogP contribution < -0.4 is 10.6 Å². The third-order valence-corrected chi connectivity index (χ3v) is 4.98. The Morgan fingerprint density at radius 3 is 2.97 bits per heavy atom. The number of carbonyl (C=O) groups is 1. The fraction of sp³-hybridized carbons (Fsp3) is 0.450. The SMILES string of the molecule is CNCC1CN(C2=CCC(c3ccc(NCCN(C)C=N)nc3)C(F)=C2)C(=O)O1. The van der Waals surface area contributed by atoms with E-state index in [0.717, 1.165) is 5.56 Å². The van der Waals surface area contributed by atoms with E-state index in [4.69, 9.17) is 10.1 Å². The molecule has 1 aliphatic carbocycles. The van der Waals surface area contributed by atoms with Gasteiger partial charge in [0.05, 0.1) is 12.9 Å². The zero-order valence-corrected chi connectivity index (χ0v) is 16.7. The van der Waals surface area contributed by atoms with Gasteiger partial charge in [-0.25, -0.2) is 14.2 Å². The maximum absolute atomic E-state index is 14.8. The standard InChI is InChI=1S/C20H27FN6O2/c1-23-11-16-12-27(20(28)29-16)15-4-5-17(18(21)9-15)14-3-6-19(25-10-14)24-7-8-26(2)13-22/h3-4,6,9-10,13,16-17,22-23H,5,7-8,11-12H2,1-2H3,(H,24,25). The Morgan fingerprint density at radius 2 is 2.31 bits per heavy atom. The highest BCUT2D eigenvalue weighted by molar-refractivity contribution is 5.73. The topological polar surface area (TPSA) is 93.6 Å². The van der Waals surface area contributed by atoms with Gasteiger partial charge in [-0.2, -0.15) is 0 Å². The second-order valence-corrected chi connectivity index (χ2v) is 7.13. The van der Waals surface area contributed by atoms with Crippen molar-refractivity contribution in [1.82, 2.24) is 20.1 Å². The van der Waals surface area contributed by atoms with Crippen molar-refractivity contribution in [2.24, 2.45) is 0 Å². The maximum atomic E-state index is 14.8. The molecule has 0 radical (unpaired) electrons. The van der Waals surface area contributed by atoms with Crippen molar-refractivity contribution in [2.45, 2.75) is 18.4 Å². The molecule has 0 aromatic carbocycles. The largest absolute Gasteiger partial charge is 0.443 e. The van der Waals surface area contributed by atoms with Crippen LogP contribution in [0.2, 0.25) is 0 Å². The fourth-order valence-corrected chi connectivity index (χ4v) is 3.34. The summed E-state index contributed by atoms with van der Waals surface area (Å²) >= 11 is 0. The number of nitrogens with one attached hydrogen (secondary N) is 3. The third kappa shape index (κ3) is 5.11. The average molecular weight is 402 g/mol. The lowest BCUT2D eigenvalue weighted by molar-refractivity contribution is 0.135. The van der Waals surface area contributed by atoms with Crippen molar-refractivity contribution in [1.29, 1.82) is 5.41 Å². The van der Waals surface area contributed by atoms with Crippen LogP contribution in [-0.2, 0) is 4.74 Å². The van der Waals surface area contributed by atoms with E-state index >= 15 is 0 Å². The van der Waals surface area contributed by atoms with Crippen LogP contribution >= 0.6 is 0 Å². The highest BCUT2D eigenvalue weighted by Gasteiger charge is 2.34. The lowest BCUT2D eigenvalue weighted by Gasteiger charge is -2.23. The lowest BCUT2D eigenvalue weighted by atomic mass is 9.91. The number of allylic oxidation sites excluding steroid dienone is 3. The molecular weight excluding hydrogens is 375 g/mol. The van der Waals surface area contributed by atoms with Crippen LogP contribution in [0, 0.1) is 5.41 Å². The Morgan fingerprint density at radius 1 is 1.48 bits per heavy atom. The Labute approximate surface area is 169 Å². The number of hydrogen-bond donors (Lipinski definition) is 3. The van der Waals surface area contributed by atoms with Crippen LogP contribution in [0.1, 0.15) is 17.9 Å². The molecule has 1 amide bonds. The molecular formula is C20H27FN6O2. The van der Waals surface area contributed by atoms with Gasteiger partial charge >= 0.3 is 6.09 Å². The van der Waals surface area contributed by atoms with Gasteiger partial charge in [-0.15, -0.1) is 0 Å². The monoisotopic (exact) mass is 402 g/mol. The van der Waals surface area contributed by atoms with Crippen LogP contribution in [0.15, 0.2) is 42.0 Å². The van der Waals surface area contributed by atoms with Gasteiger partial charge in [-0.3, -0.25) is 10.3 Å². The molecule has 2 unspecified atom stereocenters. The molecule has 9 heteroatoms. The summed E-state index contributed by atoms with van der Waals surface area (Å²) in [4.78, 5) is 19.6. The van der Waals surface area contributed by atoms with E-state index in [1.165, 1.54) is 17.3 Å². The van der Waals surface area contributed by atoms with E-state index in [1.807, 2.05) is 25.3 Å². The quantitative estimate of drug-likeness (QED) is 0.434. The molecule has 0 bridgehead atoms. The summed E-state index contributed by atoms with van der Waals surface area (Å²) in [6, 6.07) is 3.69. The summed E-state index contributed by atoms with van der Waals surface area (Å²) in [5.74, 6) is 0.0116. The number of nitrogens with zero attached hydrogens (tertiary/aromatic N) is 3. The zero-order valence-electron chi connectivity index (χ0n) is 16.7. The number of likely N-dealkylation sites (N-methyl/N-ethyl adjacent to an activating group) is 2. The third-order valence-electron chi connectivity index (χ3n) is 4.98. The first-order valence-corrected chi connectivity index (χ1v) is 9.62. The lowest BCUT2D eigenvalue weighted by Crippen LogP contribution is -2.29. The van der Waals surface area contributed by atoms with Gasteiger partial charge in [0.15, 0.2) is 0 Å². The van der Waals surface area contributed by atoms with Gasteiger partial charge in [0, 0.05) is 44.5 Å². The number of hydrogen-bond acceptors (Lipinski definition) is 6. The van der Waals surface area contributed by atoms with Crippen molar-refractivity contribution in [3.8, 4) is 0 Å². The Hall–Kier alpha value is -2.94. The predicted molar refractivity (Wildman–Crippen MR) is 110 cm³/mol. The molecule has 3 rings (SSSR count). The minimum atomic E-state index is -0.440. The van der Waals surface area contributed by atoms with E-state index in [0.29, 0.717) is 44.1 Å². The van der Waals surface area contributed by atoms with Gasteiger partial charge in [0.1, 0.15) is 17.7 Å². The van der Waals surface area contributed by atoms with E-state index in [2.05, 4.69) is 15.6 Å². The number of aromatic nitrogens is 1. The van der Waals surface area contributed by atoms with Crippen LogP contribution in [0.3, 0.4) is 0 Å². The highest BCUT2D eigenvalue weighted by Crippen LogP contribution is 2.35. The Kier molecular flexibility index (Phi) is 6.82. The number of pyridine rings is 1. The van der Waals surface area contributed by atoms with Gasteiger partial charge in [0.25, 0.3) is 0 Å². The zero-order chi connectivity index (χ0) is 20.8. The van der Waals surface area contributed by atoms with E-state index in [-0.39, 0.29) is 11.9 Å². The van der Waals surface area contributed by atoms with Crippen molar-refractivity contribution < 1.29 is 13.9 Å². The smallest absolute Gasteiger partial charge is 0.414 e. The molecule has 8 nitrogen and oxygen atoms in total. The fourth-order valence-electron chi connectivity index (χ4n) is 3.34. The number of carbonyl (C=O) groups excluding carboxylic acids is 1. The van der Waals surface area contributed by atoms with Crippen LogP contribution in [-0.4, -0.2) is 73.6 Å². The summed E-state index contributed by atoms with van der Waals surface area (Å²) in [5.41, 5.74) is 1.33. The van der Waals surface area contributed by atoms with Crippen LogP contribution in [0.25, 0.3) is 0 Å². The molecule has 1 aromatic heterocycles. The number of ether oxygens (including phenoxy) is 1. The van der Waals surface area contributed by atoms with Crippen molar-refractivity contribution in [3.63, 3.8) is 0 Å². The maximum Gasteiger partial charge on any atom is 0.414 e. The molecule has 2 atom stereocenters. The Bertz CT molecular complexity index is 795. The molecule has 0 saturated carbocycles. The van der Waals surface area contributed by atoms with Crippen molar-refractivity contribution >= 4 is 18.2 Å². The van der Waals surface area contributed by atoms with Crippen molar-refractivity contribution in [2.75, 3.05) is 45.6 Å². The number of anilines is 1. The van der Waals surface area contributed by atoms with Gasteiger partial charge in [-0.1, -0.05) is 12.1 Å². The first-order chi connectivity index (χ1) is 14.0. The van der Waals surface area contributed by atoms with Crippen molar-refractivity contribution in [3.05, 3.63) is 47.6 Å². The van der Waals surface area contributed by atoms with Crippen LogP contribution in [0.5, 0.6) is 0 Å². The number of rotatable bonds is 9. The molecule has 1 fully saturated rings. The molecule has 2 aliphatic rings. The van der Waals surface area contributed by atoms with Gasteiger partial charge < -0.3 is 20.3 Å². The summed E-state index contributed by atoms with van der Waals surface area (Å²) in [6.07, 6.45) is 6.01. The Balaban J connectivity index is 1.59. The normalized spacial score (nSPS) is 21.3. The van der Waals surface area contributed by atoms with E-state index < -0.39 is 12.0 Å². The highest BCUT2D eigenvalue weighted by atomic mass is 19.1. The molecule has 1 saturated heterocycles. The average Bonchev–Trinajstić information content (AvgIpc) is 3.09. The minimum Gasteiger partial charge on any atom is -0.443 e.